The van der Waals surface area contributed by atoms with Gasteiger partial charge in [0.15, 0.2) is 0 Å². The van der Waals surface area contributed by atoms with Crippen LogP contribution in [0.4, 0.5) is 5.69 Å². The van der Waals surface area contributed by atoms with E-state index in [9.17, 15) is 4.79 Å². The molecule has 0 unspecified atom stereocenters. The number of halogens is 1. The first-order valence-corrected chi connectivity index (χ1v) is 6.04. The molecule has 3 nitrogen and oxygen atoms in total. The third-order valence-corrected chi connectivity index (χ3v) is 2.93. The van der Waals surface area contributed by atoms with E-state index in [1.54, 1.807) is 0 Å². The number of anilines is 1. The number of carbonyl (C=O) groups is 1. The Labute approximate surface area is 105 Å². The molecule has 0 aliphatic heterocycles. The van der Waals surface area contributed by atoms with Crippen LogP contribution < -0.4 is 5.32 Å². The fourth-order valence-corrected chi connectivity index (χ4v) is 1.41. The van der Waals surface area contributed by atoms with Crippen molar-refractivity contribution < 1.29 is 4.79 Å². The molecule has 0 bridgehead atoms. The quantitative estimate of drug-likeness (QED) is 0.922. The van der Waals surface area contributed by atoms with Crippen LogP contribution in [0.15, 0.2) is 28.7 Å². The van der Waals surface area contributed by atoms with E-state index in [1.165, 1.54) is 0 Å². The fourth-order valence-electron chi connectivity index (χ4n) is 1.14. The molecule has 0 saturated carbocycles. The molecule has 1 N–H and O–H groups in total. The van der Waals surface area contributed by atoms with Crippen LogP contribution in [-0.2, 0) is 4.79 Å². The molecule has 0 aliphatic carbocycles. The average molecular weight is 285 g/mol. The molecule has 4 heteroatoms. The van der Waals surface area contributed by atoms with Gasteiger partial charge in [0, 0.05) is 16.2 Å². The summed E-state index contributed by atoms with van der Waals surface area (Å²) in [6.07, 6.45) is 0. The van der Waals surface area contributed by atoms with Crippen molar-refractivity contribution in [2.45, 2.75) is 19.9 Å². The molecule has 0 spiro atoms. The van der Waals surface area contributed by atoms with Gasteiger partial charge in [-0.1, -0.05) is 15.9 Å². The Kier molecular flexibility index (Phi) is 4.96. The van der Waals surface area contributed by atoms with Crippen molar-refractivity contribution in [3.05, 3.63) is 28.7 Å². The number of nitrogens with zero attached hydrogens (tertiary/aromatic N) is 1. The molecule has 0 atom stereocenters. The van der Waals surface area contributed by atoms with Crippen LogP contribution in [0.2, 0.25) is 0 Å². The van der Waals surface area contributed by atoms with Gasteiger partial charge in [0.25, 0.3) is 0 Å². The van der Waals surface area contributed by atoms with Gasteiger partial charge in [-0.25, -0.2) is 0 Å². The van der Waals surface area contributed by atoms with Gasteiger partial charge in [-0.05, 0) is 45.2 Å². The lowest BCUT2D eigenvalue weighted by Gasteiger charge is -2.20. The zero-order chi connectivity index (χ0) is 12.1. The van der Waals surface area contributed by atoms with E-state index in [1.807, 2.05) is 36.2 Å². The molecular formula is C12H17BrN2O. The number of benzene rings is 1. The Balaban J connectivity index is 2.48. The third-order valence-electron chi connectivity index (χ3n) is 2.40. The van der Waals surface area contributed by atoms with Gasteiger partial charge in [-0.15, -0.1) is 0 Å². The first kappa shape index (κ1) is 13.2. The van der Waals surface area contributed by atoms with Crippen molar-refractivity contribution in [2.24, 2.45) is 0 Å². The van der Waals surface area contributed by atoms with Crippen LogP contribution in [0.5, 0.6) is 0 Å². The molecule has 1 rings (SSSR count). The zero-order valence-electron chi connectivity index (χ0n) is 9.83. The Bertz CT molecular complexity index is 349. The third kappa shape index (κ3) is 4.33. The molecule has 88 valence electrons. The van der Waals surface area contributed by atoms with Crippen LogP contribution in [0.1, 0.15) is 13.8 Å². The number of carbonyl (C=O) groups excluding carboxylic acids is 1. The molecule has 0 radical (unpaired) electrons. The first-order chi connectivity index (χ1) is 7.49. The number of hydrogen-bond acceptors (Lipinski definition) is 2. The maximum absolute atomic E-state index is 11.6. The topological polar surface area (TPSA) is 32.3 Å². The van der Waals surface area contributed by atoms with Gasteiger partial charge in [-0.3, -0.25) is 9.69 Å². The number of rotatable bonds is 4. The summed E-state index contributed by atoms with van der Waals surface area (Å²) in [5.74, 6) is 0.0125. The summed E-state index contributed by atoms with van der Waals surface area (Å²) in [6, 6.07) is 7.92. The second kappa shape index (κ2) is 6.01. The first-order valence-electron chi connectivity index (χ1n) is 5.24. The van der Waals surface area contributed by atoms with E-state index in [4.69, 9.17) is 0 Å². The number of hydrogen-bond donors (Lipinski definition) is 1. The Hall–Kier alpha value is -0.870. The summed E-state index contributed by atoms with van der Waals surface area (Å²) in [4.78, 5) is 13.6. The van der Waals surface area contributed by atoms with Crippen molar-refractivity contribution >= 4 is 27.5 Å². The molecule has 0 fully saturated rings. The lowest BCUT2D eigenvalue weighted by molar-refractivity contribution is -0.117. The standard InChI is InChI=1S/C12H17BrN2O/c1-9(2)15(3)8-12(16)14-11-6-4-10(13)5-7-11/h4-7,9H,8H2,1-3H3,(H,14,16). The molecule has 1 aromatic rings. The van der Waals surface area contributed by atoms with Crippen LogP contribution >= 0.6 is 15.9 Å². The van der Waals surface area contributed by atoms with E-state index >= 15 is 0 Å². The summed E-state index contributed by atoms with van der Waals surface area (Å²) in [7, 11) is 1.94. The van der Waals surface area contributed by atoms with E-state index in [0.717, 1.165) is 10.2 Å². The molecule has 0 saturated heterocycles. The largest absolute Gasteiger partial charge is 0.325 e. The molecular weight excluding hydrogens is 268 g/mol. The average Bonchev–Trinajstić information content (AvgIpc) is 2.21. The lowest BCUT2D eigenvalue weighted by atomic mass is 10.3. The maximum atomic E-state index is 11.6. The number of likely N-dealkylation sites (N-methyl/N-ethyl adjacent to an activating group) is 1. The predicted octanol–water partition coefficient (Wildman–Crippen LogP) is 2.73. The van der Waals surface area contributed by atoms with Gasteiger partial charge in [0.2, 0.25) is 5.91 Å². The van der Waals surface area contributed by atoms with Crippen LogP contribution in [-0.4, -0.2) is 30.4 Å². The van der Waals surface area contributed by atoms with Crippen molar-refractivity contribution in [3.8, 4) is 0 Å². The minimum absolute atomic E-state index is 0.0125. The van der Waals surface area contributed by atoms with E-state index < -0.39 is 0 Å². The van der Waals surface area contributed by atoms with E-state index in [-0.39, 0.29) is 5.91 Å². The predicted molar refractivity (Wildman–Crippen MR) is 70.5 cm³/mol. The summed E-state index contributed by atoms with van der Waals surface area (Å²) >= 11 is 3.35. The van der Waals surface area contributed by atoms with Crippen LogP contribution in [0, 0.1) is 0 Å². The van der Waals surface area contributed by atoms with E-state index in [0.29, 0.717) is 12.6 Å². The molecule has 1 amide bonds. The summed E-state index contributed by atoms with van der Waals surface area (Å²) in [5, 5.41) is 2.85. The Morgan fingerprint density at radius 1 is 1.38 bits per heavy atom. The molecule has 1 aromatic carbocycles. The lowest BCUT2D eigenvalue weighted by Crippen LogP contribution is -2.34. The zero-order valence-corrected chi connectivity index (χ0v) is 11.4. The van der Waals surface area contributed by atoms with Crippen molar-refractivity contribution in [1.29, 1.82) is 0 Å². The minimum atomic E-state index is 0.0125. The van der Waals surface area contributed by atoms with Gasteiger partial charge in [0.1, 0.15) is 0 Å². The van der Waals surface area contributed by atoms with Crippen molar-refractivity contribution in [1.82, 2.24) is 4.90 Å². The second-order valence-electron chi connectivity index (χ2n) is 4.06. The smallest absolute Gasteiger partial charge is 0.238 e. The minimum Gasteiger partial charge on any atom is -0.325 e. The van der Waals surface area contributed by atoms with Gasteiger partial charge in [-0.2, -0.15) is 0 Å². The van der Waals surface area contributed by atoms with Gasteiger partial charge < -0.3 is 5.32 Å². The molecule has 16 heavy (non-hydrogen) atoms. The van der Waals surface area contributed by atoms with Crippen molar-refractivity contribution in [3.63, 3.8) is 0 Å². The number of amides is 1. The van der Waals surface area contributed by atoms with Crippen LogP contribution in [0.25, 0.3) is 0 Å². The highest BCUT2D eigenvalue weighted by molar-refractivity contribution is 9.10. The highest BCUT2D eigenvalue weighted by atomic mass is 79.9. The van der Waals surface area contributed by atoms with E-state index in [2.05, 4.69) is 35.1 Å². The molecule has 0 heterocycles. The van der Waals surface area contributed by atoms with Crippen molar-refractivity contribution in [2.75, 3.05) is 18.9 Å². The Morgan fingerprint density at radius 3 is 2.44 bits per heavy atom. The van der Waals surface area contributed by atoms with Crippen LogP contribution in [0.3, 0.4) is 0 Å². The molecule has 0 aliphatic rings. The SMILES string of the molecule is CC(C)N(C)CC(=O)Nc1ccc(Br)cc1. The summed E-state index contributed by atoms with van der Waals surface area (Å²) in [5.41, 5.74) is 0.824. The number of nitrogens with one attached hydrogen (secondary N) is 1. The highest BCUT2D eigenvalue weighted by Crippen LogP contribution is 2.13. The monoisotopic (exact) mass is 284 g/mol. The Morgan fingerprint density at radius 2 is 1.94 bits per heavy atom. The van der Waals surface area contributed by atoms with Gasteiger partial charge in [0.05, 0.1) is 6.54 Å². The summed E-state index contributed by atoms with van der Waals surface area (Å²) < 4.78 is 1.00. The normalized spacial score (nSPS) is 10.9. The summed E-state index contributed by atoms with van der Waals surface area (Å²) in [6.45, 7) is 4.54. The maximum Gasteiger partial charge on any atom is 0.238 e. The van der Waals surface area contributed by atoms with Gasteiger partial charge >= 0.3 is 0 Å². The second-order valence-corrected chi connectivity index (χ2v) is 4.98. The molecule has 0 aromatic heterocycles. The fraction of sp³-hybridized carbons (Fsp3) is 0.417. The highest BCUT2D eigenvalue weighted by Gasteiger charge is 2.09.